The van der Waals surface area contributed by atoms with Crippen molar-refractivity contribution in [2.45, 2.75) is 44.4 Å². The highest BCUT2D eigenvalue weighted by molar-refractivity contribution is 7.90. The summed E-state index contributed by atoms with van der Waals surface area (Å²) in [6, 6.07) is 12.1. The van der Waals surface area contributed by atoms with Crippen LogP contribution >= 0.6 is 0 Å². The number of amides is 2. The molecule has 0 spiro atoms. The van der Waals surface area contributed by atoms with Gasteiger partial charge in [-0.3, -0.25) is 9.59 Å². The van der Waals surface area contributed by atoms with Gasteiger partial charge >= 0.3 is 0 Å². The molecular formula is C21H24N2O4S. The highest BCUT2D eigenvalue weighted by atomic mass is 32.2. The van der Waals surface area contributed by atoms with E-state index in [1.54, 1.807) is 12.1 Å². The summed E-state index contributed by atoms with van der Waals surface area (Å²) < 4.78 is 25.9. The number of sulfonamides is 1. The van der Waals surface area contributed by atoms with Crippen LogP contribution in [0.25, 0.3) is 0 Å². The number of carbonyl (C=O) groups excluding carboxylic acids is 2. The predicted molar refractivity (Wildman–Crippen MR) is 108 cm³/mol. The Bertz CT molecular complexity index is 993. The maximum absolute atomic E-state index is 12.5. The Kier molecular flexibility index (Phi) is 5.84. The topological polar surface area (TPSA) is 83.6 Å². The molecule has 6 nitrogen and oxygen atoms in total. The first-order valence-corrected chi connectivity index (χ1v) is 10.9. The number of carbonyl (C=O) groups is 2. The van der Waals surface area contributed by atoms with E-state index in [0.29, 0.717) is 0 Å². The van der Waals surface area contributed by atoms with Gasteiger partial charge in [0.05, 0.1) is 5.56 Å². The molecule has 1 N–H and O–H groups in total. The van der Waals surface area contributed by atoms with Gasteiger partial charge in [0.2, 0.25) is 5.91 Å². The van der Waals surface area contributed by atoms with Crippen LogP contribution in [0.2, 0.25) is 0 Å². The van der Waals surface area contributed by atoms with E-state index in [9.17, 15) is 18.0 Å². The third-order valence-corrected chi connectivity index (χ3v) is 6.78. The van der Waals surface area contributed by atoms with Crippen molar-refractivity contribution in [3.05, 3.63) is 59.2 Å². The average molecular weight is 401 g/mol. The van der Waals surface area contributed by atoms with Crippen molar-refractivity contribution in [2.24, 2.45) is 0 Å². The maximum Gasteiger partial charge on any atom is 0.269 e. The Balaban J connectivity index is 1.64. The molecule has 1 aliphatic heterocycles. The fourth-order valence-corrected chi connectivity index (χ4v) is 5.05. The summed E-state index contributed by atoms with van der Waals surface area (Å²) in [5, 5.41) is 2.96. The molecule has 2 aromatic carbocycles. The molecule has 1 heterocycles. The van der Waals surface area contributed by atoms with E-state index in [-0.39, 0.29) is 35.8 Å². The standard InChI is InChI=1S/C21H24N2O4S/c1-3-15-9-7-10-16(4-2)20(15)22-19(24)13-8-14-23-21(25)17-11-5-6-12-18(17)28(23,26)27/h5-7,9-12H,3-4,8,13-14H2,1-2H3,(H,22,24). The molecule has 0 aliphatic carbocycles. The van der Waals surface area contributed by atoms with Gasteiger partial charge in [0.1, 0.15) is 4.90 Å². The zero-order chi connectivity index (χ0) is 20.3. The first kappa shape index (κ1) is 20.1. The first-order valence-electron chi connectivity index (χ1n) is 9.46. The molecule has 0 unspecified atom stereocenters. The number of nitrogens with one attached hydrogen (secondary N) is 1. The lowest BCUT2D eigenvalue weighted by Gasteiger charge is -2.16. The quantitative estimate of drug-likeness (QED) is 0.772. The van der Waals surface area contributed by atoms with Crippen LogP contribution in [0.4, 0.5) is 5.69 Å². The second-order valence-electron chi connectivity index (χ2n) is 6.69. The molecule has 0 radical (unpaired) electrons. The second-order valence-corrected chi connectivity index (χ2v) is 8.52. The Morgan fingerprint density at radius 3 is 2.25 bits per heavy atom. The molecule has 0 fully saturated rings. The fourth-order valence-electron chi connectivity index (χ4n) is 3.44. The SMILES string of the molecule is CCc1cccc(CC)c1NC(=O)CCCN1C(=O)c2ccccc2S1(=O)=O. The zero-order valence-electron chi connectivity index (χ0n) is 16.1. The second kappa shape index (κ2) is 8.14. The average Bonchev–Trinajstić information content (AvgIpc) is 2.89. The predicted octanol–water partition coefficient (Wildman–Crippen LogP) is 3.37. The van der Waals surface area contributed by atoms with Crippen LogP contribution in [0.1, 0.15) is 48.2 Å². The number of para-hydroxylation sites is 1. The van der Waals surface area contributed by atoms with E-state index in [4.69, 9.17) is 0 Å². The molecule has 3 rings (SSSR count). The maximum atomic E-state index is 12.5. The van der Waals surface area contributed by atoms with Crippen molar-refractivity contribution in [1.29, 1.82) is 0 Å². The molecular weight excluding hydrogens is 376 g/mol. The lowest BCUT2D eigenvalue weighted by Crippen LogP contribution is -2.31. The molecule has 0 saturated heterocycles. The van der Waals surface area contributed by atoms with Gasteiger partial charge in [-0.15, -0.1) is 0 Å². The van der Waals surface area contributed by atoms with Crippen LogP contribution < -0.4 is 5.32 Å². The summed E-state index contributed by atoms with van der Waals surface area (Å²) in [6.07, 6.45) is 2.02. The molecule has 2 amide bonds. The van der Waals surface area contributed by atoms with Crippen LogP contribution in [-0.4, -0.2) is 31.1 Å². The van der Waals surface area contributed by atoms with Gasteiger partial charge in [-0.25, -0.2) is 12.7 Å². The third-order valence-electron chi connectivity index (χ3n) is 4.94. The molecule has 148 valence electrons. The van der Waals surface area contributed by atoms with Crippen molar-refractivity contribution in [2.75, 3.05) is 11.9 Å². The van der Waals surface area contributed by atoms with Gasteiger partial charge in [-0.05, 0) is 42.5 Å². The van der Waals surface area contributed by atoms with Gasteiger partial charge in [-0.1, -0.05) is 44.2 Å². The number of hydrogen-bond acceptors (Lipinski definition) is 4. The lowest BCUT2D eigenvalue weighted by atomic mass is 10.0. The van der Waals surface area contributed by atoms with Crippen molar-refractivity contribution < 1.29 is 18.0 Å². The normalized spacial score (nSPS) is 14.8. The Morgan fingerprint density at radius 2 is 1.64 bits per heavy atom. The Hall–Kier alpha value is -2.67. The Labute approximate surface area is 165 Å². The minimum Gasteiger partial charge on any atom is -0.326 e. The van der Waals surface area contributed by atoms with E-state index in [0.717, 1.165) is 34.0 Å². The Morgan fingerprint density at radius 1 is 1.00 bits per heavy atom. The van der Waals surface area contributed by atoms with E-state index < -0.39 is 15.9 Å². The fraction of sp³-hybridized carbons (Fsp3) is 0.333. The number of aryl methyl sites for hydroxylation is 2. The molecule has 0 saturated carbocycles. The van der Waals surface area contributed by atoms with Crippen LogP contribution in [0.5, 0.6) is 0 Å². The highest BCUT2D eigenvalue weighted by Crippen LogP contribution is 2.30. The van der Waals surface area contributed by atoms with Crippen LogP contribution in [0.3, 0.4) is 0 Å². The summed E-state index contributed by atoms with van der Waals surface area (Å²) in [5.74, 6) is -0.710. The van der Waals surface area contributed by atoms with Crippen molar-refractivity contribution in [1.82, 2.24) is 4.31 Å². The van der Waals surface area contributed by atoms with Gasteiger partial charge in [0, 0.05) is 18.7 Å². The molecule has 0 bridgehead atoms. The van der Waals surface area contributed by atoms with Crippen LogP contribution in [0, 0.1) is 0 Å². The van der Waals surface area contributed by atoms with Gasteiger partial charge < -0.3 is 5.32 Å². The van der Waals surface area contributed by atoms with Gasteiger partial charge in [0.15, 0.2) is 0 Å². The molecule has 1 aliphatic rings. The van der Waals surface area contributed by atoms with Crippen molar-refractivity contribution in [3.8, 4) is 0 Å². The summed E-state index contributed by atoms with van der Waals surface area (Å²) in [5.41, 5.74) is 3.17. The summed E-state index contributed by atoms with van der Waals surface area (Å²) in [7, 11) is -3.82. The minimum atomic E-state index is -3.82. The van der Waals surface area contributed by atoms with E-state index in [1.807, 2.05) is 32.0 Å². The molecule has 7 heteroatoms. The number of rotatable bonds is 7. The van der Waals surface area contributed by atoms with E-state index in [2.05, 4.69) is 5.32 Å². The minimum absolute atomic E-state index is 0.0146. The van der Waals surface area contributed by atoms with Crippen LogP contribution in [-0.2, 0) is 27.7 Å². The van der Waals surface area contributed by atoms with Crippen molar-refractivity contribution >= 4 is 27.5 Å². The monoisotopic (exact) mass is 400 g/mol. The number of nitrogens with zero attached hydrogens (tertiary/aromatic N) is 1. The van der Waals surface area contributed by atoms with Gasteiger partial charge in [-0.2, -0.15) is 0 Å². The summed E-state index contributed by atoms with van der Waals surface area (Å²) >= 11 is 0. The molecule has 2 aromatic rings. The molecule has 0 aromatic heterocycles. The largest absolute Gasteiger partial charge is 0.326 e. The van der Waals surface area contributed by atoms with E-state index >= 15 is 0 Å². The number of hydrogen-bond donors (Lipinski definition) is 1. The molecule has 0 atom stereocenters. The number of benzene rings is 2. The van der Waals surface area contributed by atoms with Crippen LogP contribution in [0.15, 0.2) is 47.4 Å². The third kappa shape index (κ3) is 3.67. The summed E-state index contributed by atoms with van der Waals surface area (Å²) in [4.78, 5) is 24.8. The number of anilines is 1. The van der Waals surface area contributed by atoms with Crippen molar-refractivity contribution in [3.63, 3.8) is 0 Å². The van der Waals surface area contributed by atoms with Gasteiger partial charge in [0.25, 0.3) is 15.9 Å². The van der Waals surface area contributed by atoms with E-state index in [1.165, 1.54) is 12.1 Å². The first-order chi connectivity index (χ1) is 13.4. The zero-order valence-corrected chi connectivity index (χ0v) is 16.9. The highest BCUT2D eigenvalue weighted by Gasteiger charge is 2.40. The molecule has 28 heavy (non-hydrogen) atoms. The smallest absolute Gasteiger partial charge is 0.269 e. The summed E-state index contributed by atoms with van der Waals surface area (Å²) in [6.45, 7) is 4.05. The lowest BCUT2D eigenvalue weighted by molar-refractivity contribution is -0.116. The number of fused-ring (bicyclic) bond motifs is 1.